The fourth-order valence-corrected chi connectivity index (χ4v) is 3.56. The number of nitrogens with one attached hydrogen (secondary N) is 1. The number of hydrogen-bond acceptors (Lipinski definition) is 6. The van der Waals surface area contributed by atoms with E-state index in [2.05, 4.69) is 12.2 Å². The number of nitrogens with two attached hydrogens (primary N) is 1. The standard InChI is InChI=1S/C18H39NO3.C5H7NO3/c1-2-3-4-5-6-7-8-9-10-11-12-13-14-17(21)18(22)16(19)15-20;7-4-2-1-3(6-4)5(8)9/h16-18,20-22H,2-15,19H2,1H3;3H,1-2H2,(H,6,7)(H,8,9)/t16-,17+,18-;/m0./s1. The van der Waals surface area contributed by atoms with Crippen molar-refractivity contribution >= 4 is 11.9 Å². The van der Waals surface area contributed by atoms with Gasteiger partial charge in [0.1, 0.15) is 6.04 Å². The molecule has 7 N–H and O–H groups in total. The van der Waals surface area contributed by atoms with Crippen LogP contribution in [0.15, 0.2) is 0 Å². The fourth-order valence-electron chi connectivity index (χ4n) is 3.56. The zero-order valence-corrected chi connectivity index (χ0v) is 19.3. The van der Waals surface area contributed by atoms with E-state index in [9.17, 15) is 19.8 Å². The fraction of sp³-hybridized carbons (Fsp3) is 0.913. The summed E-state index contributed by atoms with van der Waals surface area (Å²) < 4.78 is 0. The van der Waals surface area contributed by atoms with Crippen LogP contribution in [-0.2, 0) is 9.59 Å². The molecule has 0 aromatic heterocycles. The minimum absolute atomic E-state index is 0.164. The van der Waals surface area contributed by atoms with Gasteiger partial charge in [-0.3, -0.25) is 4.79 Å². The number of carbonyl (C=O) groups is 2. The third kappa shape index (κ3) is 16.1. The zero-order valence-electron chi connectivity index (χ0n) is 19.3. The lowest BCUT2D eigenvalue weighted by atomic mass is 10.00. The molecule has 184 valence electrons. The van der Waals surface area contributed by atoms with Gasteiger partial charge in [0, 0.05) is 6.42 Å². The average Bonchev–Trinajstić information content (AvgIpc) is 3.20. The number of amides is 1. The molecule has 0 spiro atoms. The molecule has 1 aliphatic heterocycles. The van der Waals surface area contributed by atoms with E-state index < -0.39 is 30.3 Å². The minimum Gasteiger partial charge on any atom is -0.480 e. The molecule has 1 aliphatic rings. The molecule has 1 rings (SSSR count). The molecule has 0 saturated carbocycles. The summed E-state index contributed by atoms with van der Waals surface area (Å²) in [5.41, 5.74) is 5.49. The van der Waals surface area contributed by atoms with E-state index in [-0.39, 0.29) is 12.5 Å². The van der Waals surface area contributed by atoms with Crippen molar-refractivity contribution in [3.05, 3.63) is 0 Å². The third-order valence-electron chi connectivity index (χ3n) is 5.69. The van der Waals surface area contributed by atoms with Crippen molar-refractivity contribution in [2.75, 3.05) is 6.61 Å². The van der Waals surface area contributed by atoms with Crippen molar-refractivity contribution in [2.45, 2.75) is 128 Å². The van der Waals surface area contributed by atoms with Gasteiger partial charge < -0.3 is 31.5 Å². The topological polar surface area (TPSA) is 153 Å². The van der Waals surface area contributed by atoms with E-state index >= 15 is 0 Å². The monoisotopic (exact) mass is 446 g/mol. The summed E-state index contributed by atoms with van der Waals surface area (Å²) in [6.45, 7) is 1.96. The molecular formula is C23H46N2O6. The molecule has 1 fully saturated rings. The van der Waals surface area contributed by atoms with Crippen molar-refractivity contribution in [3.8, 4) is 0 Å². The second-order valence-electron chi connectivity index (χ2n) is 8.58. The quantitative estimate of drug-likeness (QED) is 0.188. The number of unbranched alkanes of at least 4 members (excludes halogenated alkanes) is 11. The number of carboxylic acid groups (broad SMARTS) is 1. The van der Waals surface area contributed by atoms with Gasteiger partial charge >= 0.3 is 5.97 Å². The molecule has 0 aromatic rings. The number of aliphatic hydroxyl groups is 3. The van der Waals surface area contributed by atoms with Crippen LogP contribution in [0.4, 0.5) is 0 Å². The van der Waals surface area contributed by atoms with Gasteiger partial charge in [0.05, 0.1) is 24.9 Å². The Balaban J connectivity index is 0.000000823. The van der Waals surface area contributed by atoms with Crippen molar-refractivity contribution < 1.29 is 30.0 Å². The first kappa shape index (κ1) is 29.8. The lowest BCUT2D eigenvalue weighted by Crippen LogP contribution is -2.45. The Hall–Kier alpha value is -1.22. The Bertz CT molecular complexity index is 463. The zero-order chi connectivity index (χ0) is 23.5. The summed E-state index contributed by atoms with van der Waals surface area (Å²) in [5, 5.41) is 38.8. The summed E-state index contributed by atoms with van der Waals surface area (Å²) in [7, 11) is 0. The van der Waals surface area contributed by atoms with Crippen molar-refractivity contribution in [1.29, 1.82) is 0 Å². The first-order valence-electron chi connectivity index (χ1n) is 12.1. The maximum atomic E-state index is 10.4. The summed E-state index contributed by atoms with van der Waals surface area (Å²) >= 11 is 0. The maximum Gasteiger partial charge on any atom is 0.326 e. The lowest BCUT2D eigenvalue weighted by molar-refractivity contribution is -0.140. The van der Waals surface area contributed by atoms with Gasteiger partial charge in [0.25, 0.3) is 0 Å². The predicted octanol–water partition coefficient (Wildman–Crippen LogP) is 2.47. The number of hydrogen-bond donors (Lipinski definition) is 6. The molecule has 8 nitrogen and oxygen atoms in total. The van der Waals surface area contributed by atoms with E-state index in [1.165, 1.54) is 64.2 Å². The summed E-state index contributed by atoms with van der Waals surface area (Å²) in [6, 6.07) is -1.38. The molecule has 1 unspecified atom stereocenters. The van der Waals surface area contributed by atoms with Crippen LogP contribution in [0.5, 0.6) is 0 Å². The Labute approximate surface area is 187 Å². The first-order valence-corrected chi connectivity index (χ1v) is 12.1. The number of rotatable bonds is 17. The molecule has 0 radical (unpaired) electrons. The second-order valence-corrected chi connectivity index (χ2v) is 8.58. The smallest absolute Gasteiger partial charge is 0.326 e. The number of aliphatic hydroxyl groups excluding tert-OH is 3. The van der Waals surface area contributed by atoms with E-state index in [0.717, 1.165) is 12.8 Å². The molecule has 31 heavy (non-hydrogen) atoms. The molecule has 1 amide bonds. The van der Waals surface area contributed by atoms with Crippen molar-refractivity contribution in [2.24, 2.45) is 5.73 Å². The molecule has 0 bridgehead atoms. The van der Waals surface area contributed by atoms with Crippen LogP contribution in [-0.4, -0.2) is 63.2 Å². The molecule has 0 aromatic carbocycles. The van der Waals surface area contributed by atoms with E-state index in [1.54, 1.807) is 0 Å². The van der Waals surface area contributed by atoms with Gasteiger partial charge in [-0.15, -0.1) is 0 Å². The van der Waals surface area contributed by atoms with Crippen LogP contribution < -0.4 is 11.1 Å². The second kappa shape index (κ2) is 19.5. The van der Waals surface area contributed by atoms with Crippen LogP contribution in [0.2, 0.25) is 0 Å². The van der Waals surface area contributed by atoms with Crippen molar-refractivity contribution in [1.82, 2.24) is 5.32 Å². The Morgan fingerprint density at radius 1 is 1.00 bits per heavy atom. The average molecular weight is 447 g/mol. The van der Waals surface area contributed by atoms with Crippen LogP contribution in [0.1, 0.15) is 103 Å². The third-order valence-corrected chi connectivity index (χ3v) is 5.69. The van der Waals surface area contributed by atoms with Gasteiger partial charge in [-0.1, -0.05) is 84.0 Å². The Morgan fingerprint density at radius 3 is 1.84 bits per heavy atom. The molecule has 4 atom stereocenters. The van der Waals surface area contributed by atoms with Crippen LogP contribution >= 0.6 is 0 Å². The van der Waals surface area contributed by atoms with Gasteiger partial charge in [-0.05, 0) is 12.8 Å². The Morgan fingerprint density at radius 2 is 1.48 bits per heavy atom. The van der Waals surface area contributed by atoms with E-state index in [0.29, 0.717) is 19.3 Å². The van der Waals surface area contributed by atoms with E-state index in [4.69, 9.17) is 15.9 Å². The number of carboxylic acids is 1. The molecular weight excluding hydrogens is 400 g/mol. The minimum atomic E-state index is -1.02. The van der Waals surface area contributed by atoms with Crippen LogP contribution in [0.3, 0.4) is 0 Å². The summed E-state index contributed by atoms with van der Waals surface area (Å²) in [6.07, 6.45) is 14.9. The summed E-state index contributed by atoms with van der Waals surface area (Å²) in [5.74, 6) is -1.11. The highest BCUT2D eigenvalue weighted by Gasteiger charge is 2.26. The highest BCUT2D eigenvalue weighted by molar-refractivity contribution is 5.87. The van der Waals surface area contributed by atoms with Gasteiger partial charge in [0.15, 0.2) is 0 Å². The van der Waals surface area contributed by atoms with Gasteiger partial charge in [0.2, 0.25) is 5.91 Å². The molecule has 8 heteroatoms. The van der Waals surface area contributed by atoms with E-state index in [1.807, 2.05) is 0 Å². The SMILES string of the molecule is CCCCCCCCCCCCCC[C@@H](O)[C@@H](O)[C@@H](N)CO.O=C1CCC(C(=O)O)N1. The molecule has 0 aliphatic carbocycles. The highest BCUT2D eigenvalue weighted by Crippen LogP contribution is 2.14. The van der Waals surface area contributed by atoms with Crippen molar-refractivity contribution in [3.63, 3.8) is 0 Å². The van der Waals surface area contributed by atoms with Gasteiger partial charge in [-0.25, -0.2) is 4.79 Å². The molecule has 1 heterocycles. The summed E-state index contributed by atoms with van der Waals surface area (Å²) in [4.78, 5) is 20.5. The first-order chi connectivity index (χ1) is 14.8. The number of aliphatic carboxylic acids is 1. The predicted molar refractivity (Wildman–Crippen MR) is 122 cm³/mol. The van der Waals surface area contributed by atoms with Gasteiger partial charge in [-0.2, -0.15) is 0 Å². The maximum absolute atomic E-state index is 10.4. The Kier molecular flexibility index (Phi) is 18.7. The largest absolute Gasteiger partial charge is 0.480 e. The lowest BCUT2D eigenvalue weighted by Gasteiger charge is -2.22. The highest BCUT2D eigenvalue weighted by atomic mass is 16.4. The van der Waals surface area contributed by atoms with Crippen LogP contribution in [0, 0.1) is 0 Å². The normalized spacial score (nSPS) is 18.6. The molecule has 1 saturated heterocycles. The number of carbonyl (C=O) groups excluding carboxylic acids is 1. The van der Waals surface area contributed by atoms with Crippen LogP contribution in [0.25, 0.3) is 0 Å².